The topological polar surface area (TPSA) is 110 Å². The molecule has 2 N–H and O–H groups in total. The quantitative estimate of drug-likeness (QED) is 0.464. The maximum atomic E-state index is 12.0. The van der Waals surface area contributed by atoms with Gasteiger partial charge in [0.1, 0.15) is 6.07 Å². The van der Waals surface area contributed by atoms with Gasteiger partial charge in [0, 0.05) is 30.2 Å². The maximum absolute atomic E-state index is 12.0. The number of nitrogens with zero attached hydrogens (tertiary/aromatic N) is 2. The van der Waals surface area contributed by atoms with Crippen molar-refractivity contribution in [1.29, 1.82) is 5.26 Å². The van der Waals surface area contributed by atoms with Crippen LogP contribution in [0.5, 0.6) is 0 Å². The molecule has 0 spiro atoms. The van der Waals surface area contributed by atoms with Crippen LogP contribution in [0, 0.1) is 24.3 Å². The van der Waals surface area contributed by atoms with E-state index in [1.165, 1.54) is 4.31 Å². The van der Waals surface area contributed by atoms with E-state index < -0.39 is 10.0 Å². The zero-order valence-electron chi connectivity index (χ0n) is 15.8. The van der Waals surface area contributed by atoms with Crippen LogP contribution in [0.25, 0.3) is 16.6 Å². The molecule has 29 heavy (non-hydrogen) atoms. The van der Waals surface area contributed by atoms with Crippen molar-refractivity contribution < 1.29 is 32.9 Å². The Labute approximate surface area is 183 Å². The monoisotopic (exact) mass is 588 g/mol. The van der Waals surface area contributed by atoms with Gasteiger partial charge >= 0.3 is 19.8 Å². The van der Waals surface area contributed by atoms with E-state index in [0.29, 0.717) is 42.4 Å². The van der Waals surface area contributed by atoms with Crippen molar-refractivity contribution in [1.82, 2.24) is 9.29 Å². The Morgan fingerprint density at radius 2 is 1.86 bits per heavy atom. The number of aryl methyl sites for hydroxylation is 1. The number of H-pyrrole nitrogens is 1. The maximum Gasteiger partial charge on any atom is 2.00 e. The van der Waals surface area contributed by atoms with Gasteiger partial charge < -0.3 is 15.5 Å². The van der Waals surface area contributed by atoms with E-state index in [4.69, 9.17) is 15.7 Å². The molecule has 4 rings (SSSR count). The standard InChI is InChI=1S/C10H8N3.C10H12NO3S.Os/c1-6-2-3-8(12)10-9(6)7(4-11)5-13-10;12-15(13,10-4-2-1-3-5-10)11-6-8-14-9-7-11;/h2-3,5,12-13H,1H3;2-5H,6-9H2;/q2*-1;+2. The summed E-state index contributed by atoms with van der Waals surface area (Å²) in [7, 11) is -3.33. The molecule has 1 aliphatic rings. The first-order chi connectivity index (χ1) is 13.4. The van der Waals surface area contributed by atoms with Gasteiger partial charge in [-0.1, -0.05) is 12.1 Å². The first-order valence-corrected chi connectivity index (χ1v) is 10.2. The molecule has 1 saturated heterocycles. The van der Waals surface area contributed by atoms with Crippen molar-refractivity contribution in [2.24, 2.45) is 0 Å². The minimum atomic E-state index is -3.33. The van der Waals surface area contributed by atoms with Gasteiger partial charge in [0.05, 0.1) is 18.8 Å². The largest absolute Gasteiger partial charge is 2.00 e. The molecular weight excluding hydrogens is 567 g/mol. The Bertz CT molecular complexity index is 1100. The molecular formula is C20H20N4O3OsS. The van der Waals surface area contributed by atoms with Gasteiger partial charge in [-0.15, -0.1) is 5.69 Å². The number of aromatic nitrogens is 1. The summed E-state index contributed by atoms with van der Waals surface area (Å²) < 4.78 is 30.7. The predicted molar refractivity (Wildman–Crippen MR) is 107 cm³/mol. The number of fused-ring (bicyclic) bond motifs is 1. The van der Waals surface area contributed by atoms with E-state index in [9.17, 15) is 8.42 Å². The Morgan fingerprint density at radius 1 is 1.21 bits per heavy atom. The molecule has 0 atom stereocenters. The van der Waals surface area contributed by atoms with E-state index in [2.05, 4.69) is 17.1 Å². The Hall–Kier alpha value is -2.22. The van der Waals surface area contributed by atoms with Crippen LogP contribution < -0.4 is 0 Å². The van der Waals surface area contributed by atoms with Crippen molar-refractivity contribution in [3.8, 4) is 6.07 Å². The van der Waals surface area contributed by atoms with E-state index >= 15 is 0 Å². The Kier molecular flexibility index (Phi) is 7.95. The first-order valence-electron chi connectivity index (χ1n) is 8.71. The molecule has 1 aliphatic heterocycles. The molecule has 0 unspecified atom stereocenters. The third-order valence-electron chi connectivity index (χ3n) is 4.46. The van der Waals surface area contributed by atoms with Gasteiger partial charge in [-0.3, -0.25) is 0 Å². The summed E-state index contributed by atoms with van der Waals surface area (Å²) >= 11 is 0. The van der Waals surface area contributed by atoms with Crippen LogP contribution in [0.15, 0.2) is 47.5 Å². The molecule has 0 aliphatic carbocycles. The summed E-state index contributed by atoms with van der Waals surface area (Å²) in [5.41, 5.74) is 10.4. The molecule has 0 bridgehead atoms. The number of sulfonamides is 1. The normalized spacial score (nSPS) is 14.3. The number of benzene rings is 2. The fourth-order valence-corrected chi connectivity index (χ4v) is 4.40. The van der Waals surface area contributed by atoms with Crippen LogP contribution >= 0.6 is 0 Å². The summed E-state index contributed by atoms with van der Waals surface area (Å²) in [5.74, 6) is 0. The average molecular weight is 587 g/mol. The molecule has 3 aromatic rings. The van der Waals surface area contributed by atoms with Gasteiger partial charge in [-0.25, -0.2) is 8.42 Å². The second-order valence-electron chi connectivity index (χ2n) is 6.25. The minimum absolute atomic E-state index is 0. The molecule has 1 aromatic heterocycles. The first kappa shape index (κ1) is 23.1. The number of hydrogen-bond acceptors (Lipinski definition) is 4. The number of rotatable bonds is 2. The number of nitriles is 1. The Morgan fingerprint density at radius 3 is 2.48 bits per heavy atom. The average Bonchev–Trinajstić information content (AvgIpc) is 3.18. The molecule has 0 radical (unpaired) electrons. The minimum Gasteiger partial charge on any atom is -0.697 e. The number of morpholine rings is 1. The fourth-order valence-electron chi connectivity index (χ4n) is 2.99. The van der Waals surface area contributed by atoms with E-state index in [0.717, 1.165) is 16.5 Å². The van der Waals surface area contributed by atoms with Crippen molar-refractivity contribution >= 4 is 26.6 Å². The molecule has 0 amide bonds. The molecule has 7 nitrogen and oxygen atoms in total. The molecule has 9 heteroatoms. The summed E-state index contributed by atoms with van der Waals surface area (Å²) in [6, 6.07) is 14.8. The van der Waals surface area contributed by atoms with Crippen molar-refractivity contribution in [3.05, 3.63) is 65.5 Å². The van der Waals surface area contributed by atoms with Gasteiger partial charge in [-0.05, 0) is 17.4 Å². The van der Waals surface area contributed by atoms with Crippen LogP contribution in [-0.4, -0.2) is 44.0 Å². The van der Waals surface area contributed by atoms with Crippen molar-refractivity contribution in [2.75, 3.05) is 26.3 Å². The summed E-state index contributed by atoms with van der Waals surface area (Å²) in [5, 5.41) is 9.68. The summed E-state index contributed by atoms with van der Waals surface area (Å²) in [4.78, 5) is 3.26. The zero-order valence-corrected chi connectivity index (χ0v) is 19.1. The smallest absolute Gasteiger partial charge is 0.697 e. The van der Waals surface area contributed by atoms with Crippen LogP contribution in [0.4, 0.5) is 5.69 Å². The second-order valence-corrected chi connectivity index (χ2v) is 8.18. The van der Waals surface area contributed by atoms with Crippen molar-refractivity contribution in [3.63, 3.8) is 0 Å². The van der Waals surface area contributed by atoms with E-state index in [-0.39, 0.29) is 19.8 Å². The van der Waals surface area contributed by atoms with Gasteiger partial charge in [0.2, 0.25) is 10.0 Å². The summed E-state index contributed by atoms with van der Waals surface area (Å²) in [6.07, 6.45) is 1.65. The molecule has 2 heterocycles. The third-order valence-corrected chi connectivity index (χ3v) is 6.37. The van der Waals surface area contributed by atoms with E-state index in [1.807, 2.05) is 13.0 Å². The summed E-state index contributed by atoms with van der Waals surface area (Å²) in [6.45, 7) is 3.74. The number of aromatic amines is 1. The number of nitrogens with one attached hydrogen (secondary N) is 2. The van der Waals surface area contributed by atoms with Gasteiger partial charge in [0.15, 0.2) is 0 Å². The molecule has 1 fully saturated rings. The van der Waals surface area contributed by atoms with Gasteiger partial charge in [-0.2, -0.15) is 39.9 Å². The predicted octanol–water partition coefficient (Wildman–Crippen LogP) is 3.54. The number of hydrogen-bond donors (Lipinski definition) is 1. The van der Waals surface area contributed by atoms with Crippen LogP contribution in [0.1, 0.15) is 11.1 Å². The molecule has 152 valence electrons. The zero-order chi connectivity index (χ0) is 20.1. The number of ether oxygens (including phenoxy) is 1. The molecule has 0 saturated carbocycles. The van der Waals surface area contributed by atoms with Crippen LogP contribution in [0.2, 0.25) is 0 Å². The fraction of sp³-hybridized carbons (Fsp3) is 0.250. The van der Waals surface area contributed by atoms with Crippen molar-refractivity contribution in [2.45, 2.75) is 11.8 Å². The molecule has 2 aromatic carbocycles. The Balaban J connectivity index is 0.000000202. The van der Waals surface area contributed by atoms with Crippen LogP contribution in [0.3, 0.4) is 0 Å². The third kappa shape index (κ3) is 5.04. The van der Waals surface area contributed by atoms with Crippen LogP contribution in [-0.2, 0) is 34.6 Å². The second kappa shape index (κ2) is 10.0. The SMILES string of the molecule is Cc1ccc([NH-])c2[nH]cc(C#N)c12.O=S(=O)(c1cc[c-]cc1)N1CCOCC1.[Os+2]. The van der Waals surface area contributed by atoms with Gasteiger partial charge in [0.25, 0.3) is 0 Å². The van der Waals surface area contributed by atoms with E-state index in [1.54, 1.807) is 36.5 Å².